The Morgan fingerprint density at radius 2 is 1.94 bits per heavy atom. The van der Waals surface area contributed by atoms with Crippen molar-refractivity contribution in [2.75, 3.05) is 13.1 Å². The fourth-order valence-electron chi connectivity index (χ4n) is 4.94. The molecule has 2 fully saturated rings. The summed E-state index contributed by atoms with van der Waals surface area (Å²) in [4.78, 5) is 15.8. The molecule has 0 spiro atoms. The molecule has 11 heteroatoms. The summed E-state index contributed by atoms with van der Waals surface area (Å²) >= 11 is 6.19. The predicted octanol–water partition coefficient (Wildman–Crippen LogP) is 4.20. The molecule has 1 atom stereocenters. The summed E-state index contributed by atoms with van der Waals surface area (Å²) in [6, 6.07) is 5.72. The van der Waals surface area contributed by atoms with Gasteiger partial charge in [-0.05, 0) is 56.4 Å². The van der Waals surface area contributed by atoms with Crippen molar-refractivity contribution >= 4 is 17.5 Å². The zero-order chi connectivity index (χ0) is 24.3. The van der Waals surface area contributed by atoms with Crippen molar-refractivity contribution < 1.29 is 18.0 Å². The van der Waals surface area contributed by atoms with Crippen LogP contribution < -0.4 is 0 Å². The number of nitriles is 1. The number of benzene rings is 1. The lowest BCUT2D eigenvalue weighted by molar-refractivity contribution is -0.182. The van der Waals surface area contributed by atoms with Gasteiger partial charge >= 0.3 is 6.18 Å². The van der Waals surface area contributed by atoms with Gasteiger partial charge in [0.1, 0.15) is 17.3 Å². The first-order valence-electron chi connectivity index (χ1n) is 11.4. The standard InChI is InChI=1S/C23H24ClF3N6O/c1-14(23(25,26)27)32-11-16-10-17(24)2-3-18(16)33-19(12-32)29-30-20(33)15-4-8-31(9-5-15)21(34)22(13-28)6-7-22/h2-3,10,14-15H,4-9,11-12H2,1H3. The topological polar surface area (TPSA) is 78.1 Å². The molecule has 2 aromatic rings. The molecule has 0 bridgehead atoms. The predicted molar refractivity (Wildman–Crippen MR) is 117 cm³/mol. The summed E-state index contributed by atoms with van der Waals surface area (Å²) in [6.45, 7) is 2.27. The first-order valence-corrected chi connectivity index (χ1v) is 11.7. The maximum Gasteiger partial charge on any atom is 0.403 e. The molecule has 3 heterocycles. The molecular weight excluding hydrogens is 469 g/mol. The maximum absolute atomic E-state index is 13.5. The molecule has 1 aliphatic carbocycles. The Kier molecular flexibility index (Phi) is 5.60. The minimum absolute atomic E-state index is 0.00198. The fourth-order valence-corrected chi connectivity index (χ4v) is 5.13. The first kappa shape index (κ1) is 23.1. The van der Waals surface area contributed by atoms with Crippen LogP contribution in [-0.2, 0) is 17.9 Å². The van der Waals surface area contributed by atoms with Gasteiger partial charge in [-0.25, -0.2) is 0 Å². The zero-order valence-corrected chi connectivity index (χ0v) is 19.4. The van der Waals surface area contributed by atoms with Crippen molar-refractivity contribution in [2.45, 2.75) is 63.8 Å². The van der Waals surface area contributed by atoms with Gasteiger partial charge in [0.15, 0.2) is 5.82 Å². The Balaban J connectivity index is 1.44. The third kappa shape index (κ3) is 3.95. The third-order valence-electron chi connectivity index (χ3n) is 7.30. The van der Waals surface area contributed by atoms with Crippen LogP contribution >= 0.6 is 11.6 Å². The normalized spacial score (nSPS) is 21.2. The molecule has 1 aromatic carbocycles. The maximum atomic E-state index is 13.5. The highest BCUT2D eigenvalue weighted by Gasteiger charge is 2.53. The van der Waals surface area contributed by atoms with Crippen molar-refractivity contribution in [3.63, 3.8) is 0 Å². The second-order valence-electron chi connectivity index (χ2n) is 9.47. The number of halogens is 4. The quantitative estimate of drug-likeness (QED) is 0.642. The minimum atomic E-state index is -4.38. The van der Waals surface area contributed by atoms with Crippen molar-refractivity contribution in [1.82, 2.24) is 24.6 Å². The van der Waals surface area contributed by atoms with E-state index in [1.54, 1.807) is 23.1 Å². The monoisotopic (exact) mass is 492 g/mol. The van der Waals surface area contributed by atoms with Crippen molar-refractivity contribution in [1.29, 1.82) is 5.26 Å². The fraction of sp³-hybridized carbons (Fsp3) is 0.565. The first-order chi connectivity index (χ1) is 16.1. The van der Waals surface area contributed by atoms with Crippen molar-refractivity contribution in [2.24, 2.45) is 5.41 Å². The van der Waals surface area contributed by atoms with Gasteiger partial charge in [0.25, 0.3) is 0 Å². The van der Waals surface area contributed by atoms with E-state index in [-0.39, 0.29) is 24.9 Å². The van der Waals surface area contributed by atoms with E-state index in [9.17, 15) is 23.2 Å². The van der Waals surface area contributed by atoms with E-state index in [4.69, 9.17) is 11.6 Å². The summed E-state index contributed by atoms with van der Waals surface area (Å²) in [5, 5.41) is 18.5. The van der Waals surface area contributed by atoms with E-state index in [1.165, 1.54) is 4.90 Å². The van der Waals surface area contributed by atoms with Crippen LogP contribution in [0.4, 0.5) is 13.2 Å². The summed E-state index contributed by atoms with van der Waals surface area (Å²) in [5.41, 5.74) is 0.576. The van der Waals surface area contributed by atoms with Crippen LogP contribution in [0, 0.1) is 16.7 Å². The molecular formula is C23H24ClF3N6O. The average Bonchev–Trinajstić information content (AvgIpc) is 3.54. The molecule has 1 saturated carbocycles. The number of nitrogens with zero attached hydrogens (tertiary/aromatic N) is 6. The molecule has 0 radical (unpaired) electrons. The van der Waals surface area contributed by atoms with E-state index < -0.39 is 17.6 Å². The van der Waals surface area contributed by atoms with Gasteiger partial charge in [0.2, 0.25) is 5.91 Å². The van der Waals surface area contributed by atoms with Crippen molar-refractivity contribution in [3.8, 4) is 11.8 Å². The number of fused-ring (bicyclic) bond motifs is 3. The van der Waals surface area contributed by atoms with Gasteiger partial charge in [0.05, 0.1) is 18.3 Å². The third-order valence-corrected chi connectivity index (χ3v) is 7.53. The molecule has 3 aliphatic rings. The highest BCUT2D eigenvalue weighted by atomic mass is 35.5. The van der Waals surface area contributed by atoms with E-state index in [0.717, 1.165) is 12.6 Å². The molecule has 2 aliphatic heterocycles. The largest absolute Gasteiger partial charge is 0.403 e. The summed E-state index contributed by atoms with van der Waals surface area (Å²) in [6.07, 6.45) is -1.84. The molecule has 180 valence electrons. The second-order valence-corrected chi connectivity index (χ2v) is 9.90. The van der Waals surface area contributed by atoms with Crippen LogP contribution in [0.1, 0.15) is 55.7 Å². The molecule has 34 heavy (non-hydrogen) atoms. The highest BCUT2D eigenvalue weighted by Crippen LogP contribution is 2.47. The number of alkyl halides is 3. The second kappa shape index (κ2) is 8.24. The smallest absolute Gasteiger partial charge is 0.341 e. The number of carbonyl (C=O) groups excluding carboxylic acids is 1. The molecule has 1 unspecified atom stereocenters. The lowest BCUT2D eigenvalue weighted by Crippen LogP contribution is -2.42. The molecule has 1 aromatic heterocycles. The SMILES string of the molecule is CC(N1Cc2cc(Cl)ccc2-n2c(nnc2C2CCN(C(=O)C3(C#N)CC3)CC2)C1)C(F)(F)F. The summed E-state index contributed by atoms with van der Waals surface area (Å²) < 4.78 is 42.5. The number of rotatable bonds is 3. The molecule has 7 nitrogen and oxygen atoms in total. The number of likely N-dealkylation sites (tertiary alicyclic amines) is 1. The molecule has 5 rings (SSSR count). The van der Waals surface area contributed by atoms with Crippen molar-refractivity contribution in [3.05, 3.63) is 40.4 Å². The van der Waals surface area contributed by atoms with Gasteiger partial charge in [-0.1, -0.05) is 11.6 Å². The molecule has 0 N–H and O–H groups in total. The number of hydrogen-bond acceptors (Lipinski definition) is 5. The van der Waals surface area contributed by atoms with Crippen LogP contribution in [0.3, 0.4) is 0 Å². The van der Waals surface area contributed by atoms with Gasteiger partial charge in [-0.3, -0.25) is 14.3 Å². The van der Waals surface area contributed by atoms with Gasteiger partial charge in [0, 0.05) is 30.6 Å². The number of hydrogen-bond donors (Lipinski definition) is 0. The lowest BCUT2D eigenvalue weighted by atomic mass is 9.94. The Hall–Kier alpha value is -2.64. The van der Waals surface area contributed by atoms with Crippen LogP contribution in [0.5, 0.6) is 0 Å². The van der Waals surface area contributed by atoms with Crippen LogP contribution in [0.15, 0.2) is 18.2 Å². The highest BCUT2D eigenvalue weighted by molar-refractivity contribution is 6.30. The Bertz CT molecular complexity index is 1160. The molecule has 1 amide bonds. The Labute approximate surface area is 200 Å². The summed E-state index contributed by atoms with van der Waals surface area (Å²) in [5.74, 6) is 1.05. The minimum Gasteiger partial charge on any atom is -0.341 e. The van der Waals surface area contributed by atoms with Gasteiger partial charge in [-0.15, -0.1) is 10.2 Å². The Morgan fingerprint density at radius 3 is 2.56 bits per heavy atom. The van der Waals surface area contributed by atoms with E-state index in [1.807, 2.05) is 4.57 Å². The number of piperidine rings is 1. The van der Waals surface area contributed by atoms with E-state index >= 15 is 0 Å². The lowest BCUT2D eigenvalue weighted by Gasteiger charge is -2.33. The van der Waals surface area contributed by atoms with Gasteiger partial charge < -0.3 is 4.90 Å². The number of aromatic nitrogens is 3. The Morgan fingerprint density at radius 1 is 1.24 bits per heavy atom. The van der Waals surface area contributed by atoms with Crippen LogP contribution in [0.25, 0.3) is 5.69 Å². The number of carbonyl (C=O) groups is 1. The summed E-state index contributed by atoms with van der Waals surface area (Å²) in [7, 11) is 0. The van der Waals surface area contributed by atoms with E-state index in [2.05, 4.69) is 16.3 Å². The molecule has 1 saturated heterocycles. The van der Waals surface area contributed by atoms with E-state index in [0.29, 0.717) is 61.0 Å². The van der Waals surface area contributed by atoms with Crippen LogP contribution in [0.2, 0.25) is 5.02 Å². The average molecular weight is 493 g/mol. The van der Waals surface area contributed by atoms with Gasteiger partial charge in [-0.2, -0.15) is 18.4 Å². The number of amides is 1. The zero-order valence-electron chi connectivity index (χ0n) is 18.6. The van der Waals surface area contributed by atoms with Crippen LogP contribution in [-0.4, -0.2) is 55.8 Å².